The molecular weight excluding hydrogens is 331 g/mol. The minimum atomic E-state index is -0.287. The van der Waals surface area contributed by atoms with Gasteiger partial charge in [0.2, 0.25) is 0 Å². The maximum absolute atomic E-state index is 13.5. The first-order valence-electron chi connectivity index (χ1n) is 8.98. The maximum atomic E-state index is 13.5. The summed E-state index contributed by atoms with van der Waals surface area (Å²) in [6, 6.07) is 6.41. The number of carbonyl (C=O) groups is 1. The molecule has 1 fully saturated rings. The molecule has 26 heavy (non-hydrogen) atoms. The Hall–Kier alpha value is -2.63. The lowest BCUT2D eigenvalue weighted by Crippen LogP contribution is -2.40. The lowest BCUT2D eigenvalue weighted by atomic mass is 9.97. The van der Waals surface area contributed by atoms with Gasteiger partial charge in [0.1, 0.15) is 17.3 Å². The predicted molar refractivity (Wildman–Crippen MR) is 98.7 cm³/mol. The van der Waals surface area contributed by atoms with Crippen molar-refractivity contribution in [3.8, 4) is 0 Å². The van der Waals surface area contributed by atoms with Crippen LogP contribution in [0, 0.1) is 12.7 Å². The summed E-state index contributed by atoms with van der Waals surface area (Å²) < 4.78 is 17.4. The number of rotatable bonds is 2. The third kappa shape index (κ3) is 2.79. The second-order valence-corrected chi connectivity index (χ2v) is 7.23. The molecule has 0 aliphatic carbocycles. The molecule has 0 radical (unpaired) electrons. The second kappa shape index (κ2) is 6.27. The number of likely N-dealkylation sites (tertiary alicyclic amines) is 1. The van der Waals surface area contributed by atoms with E-state index in [2.05, 4.69) is 9.55 Å². The van der Waals surface area contributed by atoms with Gasteiger partial charge in [-0.25, -0.2) is 9.37 Å². The van der Waals surface area contributed by atoms with Gasteiger partial charge in [0.05, 0.1) is 5.69 Å². The third-order valence-electron chi connectivity index (χ3n) is 5.33. The van der Waals surface area contributed by atoms with E-state index in [-0.39, 0.29) is 17.6 Å². The Morgan fingerprint density at radius 3 is 2.81 bits per heavy atom. The summed E-state index contributed by atoms with van der Waals surface area (Å²) in [4.78, 5) is 19.7. The number of hydrogen-bond acceptors (Lipinski definition) is 2. The van der Waals surface area contributed by atoms with E-state index in [4.69, 9.17) is 0 Å². The van der Waals surface area contributed by atoms with Crippen molar-refractivity contribution in [2.24, 2.45) is 14.1 Å². The van der Waals surface area contributed by atoms with Gasteiger partial charge < -0.3 is 14.0 Å². The lowest BCUT2D eigenvalue weighted by Gasteiger charge is -2.32. The number of aryl methyl sites for hydroxylation is 3. The van der Waals surface area contributed by atoms with Crippen LogP contribution < -0.4 is 0 Å². The summed E-state index contributed by atoms with van der Waals surface area (Å²) in [5.41, 5.74) is 2.46. The van der Waals surface area contributed by atoms with Crippen molar-refractivity contribution in [1.82, 2.24) is 19.0 Å². The summed E-state index contributed by atoms with van der Waals surface area (Å²) in [7, 11) is 3.87. The fourth-order valence-corrected chi connectivity index (χ4v) is 4.07. The van der Waals surface area contributed by atoms with Crippen molar-refractivity contribution < 1.29 is 9.18 Å². The first kappa shape index (κ1) is 16.8. The third-order valence-corrected chi connectivity index (χ3v) is 5.33. The van der Waals surface area contributed by atoms with Gasteiger partial charge in [-0.15, -0.1) is 0 Å². The Morgan fingerprint density at radius 1 is 1.27 bits per heavy atom. The summed E-state index contributed by atoms with van der Waals surface area (Å²) in [5, 5.41) is 0.754. The molecule has 6 heteroatoms. The molecule has 0 N–H and O–H groups in total. The van der Waals surface area contributed by atoms with Gasteiger partial charge >= 0.3 is 0 Å². The Labute approximate surface area is 152 Å². The van der Waals surface area contributed by atoms with Gasteiger partial charge in [0.25, 0.3) is 5.91 Å². The molecule has 136 valence electrons. The van der Waals surface area contributed by atoms with Crippen molar-refractivity contribution >= 4 is 16.8 Å². The van der Waals surface area contributed by atoms with E-state index in [0.29, 0.717) is 12.2 Å². The fourth-order valence-electron chi connectivity index (χ4n) is 4.07. The van der Waals surface area contributed by atoms with Gasteiger partial charge in [-0.3, -0.25) is 4.79 Å². The zero-order chi connectivity index (χ0) is 18.4. The Kier molecular flexibility index (Phi) is 4.05. The van der Waals surface area contributed by atoms with E-state index in [0.717, 1.165) is 41.8 Å². The Morgan fingerprint density at radius 2 is 2.08 bits per heavy atom. The molecule has 1 aliphatic heterocycles. The number of carbonyl (C=O) groups excluding carboxylic acids is 1. The van der Waals surface area contributed by atoms with Crippen molar-refractivity contribution in [1.29, 1.82) is 0 Å². The van der Waals surface area contributed by atoms with E-state index < -0.39 is 0 Å². The first-order chi connectivity index (χ1) is 12.4. The number of fused-ring (bicyclic) bond motifs is 1. The zero-order valence-electron chi connectivity index (χ0n) is 15.4. The number of imidazole rings is 1. The van der Waals surface area contributed by atoms with Gasteiger partial charge in [-0.2, -0.15) is 0 Å². The predicted octanol–water partition coefficient (Wildman–Crippen LogP) is 3.38. The monoisotopic (exact) mass is 354 g/mol. The molecular formula is C20H23FN4O. The molecule has 5 nitrogen and oxygen atoms in total. The van der Waals surface area contributed by atoms with Crippen molar-refractivity contribution in [2.45, 2.75) is 25.7 Å². The molecule has 1 aromatic carbocycles. The number of aromatic nitrogens is 3. The standard InChI is InChI=1S/C20H23FN4O/c1-13-11-23(2)19(22-13)14-5-4-8-25(12-14)20(26)18-10-15-9-16(21)6-7-17(15)24(18)3/h6-7,9-11,14H,4-5,8,12H2,1-3H3/t14-/m0/s1. The average molecular weight is 354 g/mol. The highest BCUT2D eigenvalue weighted by Crippen LogP contribution is 2.28. The molecule has 1 saturated heterocycles. The van der Waals surface area contributed by atoms with Gasteiger partial charge in [0.15, 0.2) is 0 Å². The molecule has 3 heterocycles. The van der Waals surface area contributed by atoms with Crippen molar-refractivity contribution in [3.63, 3.8) is 0 Å². The number of piperidine rings is 1. The van der Waals surface area contributed by atoms with Crippen LogP contribution in [0.15, 0.2) is 30.5 Å². The molecule has 3 aromatic rings. The van der Waals surface area contributed by atoms with Crippen LogP contribution in [0.2, 0.25) is 0 Å². The Bertz CT molecular complexity index is 987. The molecule has 1 amide bonds. The summed E-state index contributed by atoms with van der Waals surface area (Å²) in [6.45, 7) is 3.40. The second-order valence-electron chi connectivity index (χ2n) is 7.23. The summed E-state index contributed by atoms with van der Waals surface area (Å²) in [5.74, 6) is 1.00. The van der Waals surface area contributed by atoms with E-state index in [1.807, 2.05) is 36.7 Å². The van der Waals surface area contributed by atoms with Crippen LogP contribution in [0.25, 0.3) is 10.9 Å². The van der Waals surface area contributed by atoms with E-state index in [9.17, 15) is 9.18 Å². The molecule has 1 atom stereocenters. The molecule has 4 rings (SSSR count). The largest absolute Gasteiger partial charge is 0.340 e. The normalized spacial score (nSPS) is 17.8. The van der Waals surface area contributed by atoms with Gasteiger partial charge in [-0.05, 0) is 44.0 Å². The number of hydrogen-bond donors (Lipinski definition) is 0. The van der Waals surface area contributed by atoms with Crippen LogP contribution >= 0.6 is 0 Å². The van der Waals surface area contributed by atoms with Crippen LogP contribution in [0.4, 0.5) is 4.39 Å². The number of nitrogens with zero attached hydrogens (tertiary/aromatic N) is 4. The highest BCUT2D eigenvalue weighted by molar-refractivity contribution is 5.98. The van der Waals surface area contributed by atoms with Crippen molar-refractivity contribution in [3.05, 3.63) is 53.5 Å². The molecule has 2 aromatic heterocycles. The average Bonchev–Trinajstić information content (AvgIpc) is 3.13. The number of benzene rings is 1. The number of halogens is 1. The highest BCUT2D eigenvalue weighted by atomic mass is 19.1. The topological polar surface area (TPSA) is 43.1 Å². The van der Waals surface area contributed by atoms with E-state index in [1.165, 1.54) is 12.1 Å². The van der Waals surface area contributed by atoms with Crippen LogP contribution in [0.5, 0.6) is 0 Å². The molecule has 0 saturated carbocycles. The van der Waals surface area contributed by atoms with Crippen LogP contribution in [-0.2, 0) is 14.1 Å². The van der Waals surface area contributed by atoms with Crippen LogP contribution in [0.3, 0.4) is 0 Å². The van der Waals surface area contributed by atoms with Crippen LogP contribution in [-0.4, -0.2) is 38.0 Å². The smallest absolute Gasteiger partial charge is 0.270 e. The molecule has 0 unspecified atom stereocenters. The van der Waals surface area contributed by atoms with E-state index >= 15 is 0 Å². The van der Waals surface area contributed by atoms with Crippen molar-refractivity contribution in [2.75, 3.05) is 13.1 Å². The minimum Gasteiger partial charge on any atom is -0.340 e. The minimum absolute atomic E-state index is 0.000241. The summed E-state index contributed by atoms with van der Waals surface area (Å²) >= 11 is 0. The first-order valence-corrected chi connectivity index (χ1v) is 8.98. The van der Waals surface area contributed by atoms with Gasteiger partial charge in [0, 0.05) is 50.2 Å². The van der Waals surface area contributed by atoms with Gasteiger partial charge in [-0.1, -0.05) is 0 Å². The molecule has 0 spiro atoms. The lowest BCUT2D eigenvalue weighted by molar-refractivity contribution is 0.0694. The zero-order valence-corrected chi connectivity index (χ0v) is 15.4. The SMILES string of the molecule is Cc1cn(C)c([C@H]2CCCN(C(=O)c3cc4cc(F)ccc4n3C)C2)n1. The van der Waals surface area contributed by atoms with E-state index in [1.54, 1.807) is 12.1 Å². The highest BCUT2D eigenvalue weighted by Gasteiger charge is 2.29. The fraction of sp³-hybridized carbons (Fsp3) is 0.400. The van der Waals surface area contributed by atoms with Crippen LogP contribution in [0.1, 0.15) is 40.8 Å². The summed E-state index contributed by atoms with van der Waals surface area (Å²) in [6.07, 6.45) is 4.02. The maximum Gasteiger partial charge on any atom is 0.270 e. The Balaban J connectivity index is 1.62. The molecule has 0 bridgehead atoms. The molecule has 1 aliphatic rings. The quantitative estimate of drug-likeness (QED) is 0.708. The number of amides is 1.